The van der Waals surface area contributed by atoms with Crippen LogP contribution >= 0.6 is 0 Å². The molecule has 3 aliphatic rings. The lowest BCUT2D eigenvalue weighted by Crippen LogP contribution is -2.51. The van der Waals surface area contributed by atoms with E-state index in [-0.39, 0.29) is 5.91 Å². The standard InChI is InChI=1S/C25H32N4O2/c1-28(21-9-5-6-10-21)18-22(30)29-14-12-25(13-15-29)23-20(11-16-31-25)17-26-24(27-23)19-7-3-2-4-8-19/h2-4,7-8,17,21H,5-6,9-16,18H2,1H3. The van der Waals surface area contributed by atoms with E-state index >= 15 is 0 Å². The summed E-state index contributed by atoms with van der Waals surface area (Å²) in [6, 6.07) is 10.7. The predicted molar refractivity (Wildman–Crippen MR) is 120 cm³/mol. The maximum atomic E-state index is 12.9. The summed E-state index contributed by atoms with van der Waals surface area (Å²) in [5, 5.41) is 0. The Bertz CT molecular complexity index is 918. The normalized spacial score (nSPS) is 20.9. The van der Waals surface area contributed by atoms with Gasteiger partial charge in [0.2, 0.25) is 5.91 Å². The fourth-order valence-electron chi connectivity index (χ4n) is 5.42. The number of fused-ring (bicyclic) bond motifs is 2. The Labute approximate surface area is 184 Å². The van der Waals surface area contributed by atoms with Crippen LogP contribution < -0.4 is 0 Å². The van der Waals surface area contributed by atoms with E-state index in [0.717, 1.165) is 49.4 Å². The smallest absolute Gasteiger partial charge is 0.236 e. The number of hydrogen-bond acceptors (Lipinski definition) is 5. The lowest BCUT2D eigenvalue weighted by molar-refractivity contribution is -0.142. The first-order valence-electron chi connectivity index (χ1n) is 11.7. The van der Waals surface area contributed by atoms with Crippen LogP contribution in [0.5, 0.6) is 0 Å². The highest BCUT2D eigenvalue weighted by Crippen LogP contribution is 2.41. The number of carbonyl (C=O) groups excluding carboxylic acids is 1. The van der Waals surface area contributed by atoms with Crippen LogP contribution in [0.2, 0.25) is 0 Å². The molecule has 1 saturated heterocycles. The quantitative estimate of drug-likeness (QED) is 0.759. The van der Waals surface area contributed by atoms with E-state index in [0.29, 0.717) is 19.2 Å². The third-order valence-electron chi connectivity index (χ3n) is 7.33. The number of likely N-dealkylation sites (tertiary alicyclic amines) is 1. The van der Waals surface area contributed by atoms with E-state index in [2.05, 4.69) is 16.9 Å². The second-order valence-electron chi connectivity index (χ2n) is 9.26. The van der Waals surface area contributed by atoms with Gasteiger partial charge >= 0.3 is 0 Å². The SMILES string of the molecule is CN(CC(=O)N1CCC2(CC1)OCCc1cnc(-c3ccccc3)nc12)C1CCCC1. The molecule has 1 aromatic carbocycles. The van der Waals surface area contributed by atoms with Crippen molar-refractivity contribution in [3.8, 4) is 11.4 Å². The second kappa shape index (κ2) is 8.67. The van der Waals surface area contributed by atoms with Crippen molar-refractivity contribution in [3.05, 3.63) is 47.8 Å². The molecule has 2 aliphatic heterocycles. The Kier molecular flexibility index (Phi) is 5.76. The van der Waals surface area contributed by atoms with Crippen LogP contribution in [-0.2, 0) is 21.6 Å². The summed E-state index contributed by atoms with van der Waals surface area (Å²) in [6.07, 6.45) is 9.44. The van der Waals surface area contributed by atoms with Crippen molar-refractivity contribution in [2.24, 2.45) is 0 Å². The summed E-state index contributed by atoms with van der Waals surface area (Å²) in [5.74, 6) is 0.994. The van der Waals surface area contributed by atoms with Gasteiger partial charge in [-0.3, -0.25) is 9.69 Å². The molecule has 1 aromatic heterocycles. The van der Waals surface area contributed by atoms with Crippen LogP contribution in [0.15, 0.2) is 36.5 Å². The van der Waals surface area contributed by atoms with Gasteiger partial charge in [-0.15, -0.1) is 0 Å². The molecule has 0 N–H and O–H groups in total. The zero-order valence-electron chi connectivity index (χ0n) is 18.4. The van der Waals surface area contributed by atoms with E-state index in [1.165, 1.54) is 31.2 Å². The Morgan fingerprint density at radius 2 is 1.94 bits per heavy atom. The molecule has 0 unspecified atom stereocenters. The van der Waals surface area contributed by atoms with Crippen molar-refractivity contribution in [1.82, 2.24) is 19.8 Å². The van der Waals surface area contributed by atoms with Crippen LogP contribution in [0.25, 0.3) is 11.4 Å². The minimum atomic E-state index is -0.395. The molecular formula is C25H32N4O2. The Morgan fingerprint density at radius 1 is 1.19 bits per heavy atom. The van der Waals surface area contributed by atoms with Crippen LogP contribution in [0.1, 0.15) is 49.8 Å². The third-order valence-corrected chi connectivity index (χ3v) is 7.33. The number of likely N-dealkylation sites (N-methyl/N-ethyl adjacent to an activating group) is 1. The maximum Gasteiger partial charge on any atom is 0.236 e. The summed E-state index contributed by atoms with van der Waals surface area (Å²) in [5.41, 5.74) is 2.84. The summed E-state index contributed by atoms with van der Waals surface area (Å²) in [6.45, 7) is 2.66. The zero-order chi connectivity index (χ0) is 21.3. The first kappa shape index (κ1) is 20.6. The number of rotatable bonds is 4. The van der Waals surface area contributed by atoms with E-state index in [1.54, 1.807) is 0 Å². The summed E-state index contributed by atoms with van der Waals surface area (Å²) < 4.78 is 6.38. The van der Waals surface area contributed by atoms with E-state index in [1.807, 2.05) is 41.4 Å². The van der Waals surface area contributed by atoms with Crippen LogP contribution in [0.4, 0.5) is 0 Å². The molecule has 3 heterocycles. The number of aromatic nitrogens is 2. The minimum absolute atomic E-state index is 0.243. The van der Waals surface area contributed by atoms with E-state index in [9.17, 15) is 4.79 Å². The number of nitrogens with zero attached hydrogens (tertiary/aromatic N) is 4. The Balaban J connectivity index is 1.30. The molecule has 1 spiro atoms. The first-order chi connectivity index (χ1) is 15.1. The highest BCUT2D eigenvalue weighted by Gasteiger charge is 2.43. The summed E-state index contributed by atoms with van der Waals surface area (Å²) in [7, 11) is 2.10. The molecule has 6 nitrogen and oxygen atoms in total. The number of ether oxygens (including phenoxy) is 1. The first-order valence-corrected chi connectivity index (χ1v) is 11.7. The van der Waals surface area contributed by atoms with Gasteiger partial charge < -0.3 is 9.64 Å². The molecule has 5 rings (SSSR count). The number of carbonyl (C=O) groups is 1. The van der Waals surface area contributed by atoms with Gasteiger partial charge in [0.15, 0.2) is 5.82 Å². The molecule has 164 valence electrons. The number of piperidine rings is 1. The van der Waals surface area contributed by atoms with E-state index in [4.69, 9.17) is 9.72 Å². The lowest BCUT2D eigenvalue weighted by atomic mass is 9.83. The number of amides is 1. The van der Waals surface area contributed by atoms with Crippen molar-refractivity contribution in [2.45, 2.75) is 56.6 Å². The van der Waals surface area contributed by atoms with Crippen LogP contribution in [0.3, 0.4) is 0 Å². The van der Waals surface area contributed by atoms with Crippen molar-refractivity contribution < 1.29 is 9.53 Å². The van der Waals surface area contributed by atoms with Gasteiger partial charge in [-0.25, -0.2) is 9.97 Å². The largest absolute Gasteiger partial charge is 0.368 e. The topological polar surface area (TPSA) is 58.6 Å². The monoisotopic (exact) mass is 420 g/mol. The molecule has 2 fully saturated rings. The van der Waals surface area contributed by atoms with Gasteiger partial charge in [-0.2, -0.15) is 0 Å². The fourth-order valence-corrected chi connectivity index (χ4v) is 5.42. The molecule has 6 heteroatoms. The van der Waals surface area contributed by atoms with Gasteiger partial charge in [0.05, 0.1) is 18.8 Å². The van der Waals surface area contributed by atoms with Gasteiger partial charge in [0.25, 0.3) is 0 Å². The van der Waals surface area contributed by atoms with Crippen LogP contribution in [0, 0.1) is 0 Å². The molecule has 2 aromatic rings. The summed E-state index contributed by atoms with van der Waals surface area (Å²) in [4.78, 5) is 26.8. The Hall–Kier alpha value is -2.31. The van der Waals surface area contributed by atoms with Gasteiger partial charge in [-0.05, 0) is 44.7 Å². The average Bonchev–Trinajstić information content (AvgIpc) is 3.35. The molecule has 31 heavy (non-hydrogen) atoms. The maximum absolute atomic E-state index is 12.9. The Morgan fingerprint density at radius 3 is 2.68 bits per heavy atom. The van der Waals surface area contributed by atoms with Gasteiger partial charge in [0, 0.05) is 30.9 Å². The van der Waals surface area contributed by atoms with Crippen molar-refractivity contribution >= 4 is 5.91 Å². The van der Waals surface area contributed by atoms with Gasteiger partial charge in [-0.1, -0.05) is 43.2 Å². The lowest BCUT2D eigenvalue weighted by Gasteiger charge is -2.44. The zero-order valence-corrected chi connectivity index (χ0v) is 18.4. The summed E-state index contributed by atoms with van der Waals surface area (Å²) >= 11 is 0. The van der Waals surface area contributed by atoms with Crippen LogP contribution in [-0.4, -0.2) is 65.0 Å². The third kappa shape index (κ3) is 4.11. The van der Waals surface area contributed by atoms with Crippen molar-refractivity contribution in [3.63, 3.8) is 0 Å². The molecule has 1 aliphatic carbocycles. The fraction of sp³-hybridized carbons (Fsp3) is 0.560. The molecule has 1 saturated carbocycles. The van der Waals surface area contributed by atoms with Crippen molar-refractivity contribution in [2.75, 3.05) is 33.3 Å². The molecule has 0 atom stereocenters. The number of benzene rings is 1. The minimum Gasteiger partial charge on any atom is -0.368 e. The van der Waals surface area contributed by atoms with E-state index < -0.39 is 5.60 Å². The highest BCUT2D eigenvalue weighted by atomic mass is 16.5. The highest BCUT2D eigenvalue weighted by molar-refractivity contribution is 5.78. The second-order valence-corrected chi connectivity index (χ2v) is 9.26. The predicted octanol–water partition coefficient (Wildman–Crippen LogP) is 3.41. The molecule has 1 amide bonds. The molecule has 0 radical (unpaired) electrons. The average molecular weight is 421 g/mol. The number of hydrogen-bond donors (Lipinski definition) is 0. The molecular weight excluding hydrogens is 388 g/mol. The molecule has 0 bridgehead atoms. The van der Waals surface area contributed by atoms with Gasteiger partial charge in [0.1, 0.15) is 5.60 Å². The van der Waals surface area contributed by atoms with Crippen molar-refractivity contribution in [1.29, 1.82) is 0 Å².